The number of fused-ring (bicyclic) bond motifs is 1. The van der Waals surface area contributed by atoms with Gasteiger partial charge in [-0.25, -0.2) is 18.6 Å². The number of carbonyl (C=O) groups is 1. The molecule has 7 heteroatoms. The molecule has 0 unspecified atom stereocenters. The van der Waals surface area contributed by atoms with Crippen LogP contribution in [0.3, 0.4) is 0 Å². The maximum Gasteiger partial charge on any atom is 0.341 e. The van der Waals surface area contributed by atoms with Gasteiger partial charge in [-0.05, 0) is 24.6 Å². The minimum absolute atomic E-state index is 0.135. The molecule has 1 aromatic carbocycles. The molecule has 0 saturated carbocycles. The van der Waals surface area contributed by atoms with Crippen molar-refractivity contribution in [3.05, 3.63) is 34.9 Å². The summed E-state index contributed by atoms with van der Waals surface area (Å²) in [5.74, 6) is -2.87. The third-order valence-electron chi connectivity index (χ3n) is 4.21. The zero-order valence-electron chi connectivity index (χ0n) is 13.2. The van der Waals surface area contributed by atoms with Gasteiger partial charge < -0.3 is 9.64 Å². The topological polar surface area (TPSA) is 42.4 Å². The lowest BCUT2D eigenvalue weighted by Crippen LogP contribution is -2.28. The van der Waals surface area contributed by atoms with E-state index in [-0.39, 0.29) is 24.9 Å². The van der Waals surface area contributed by atoms with Gasteiger partial charge in [0, 0.05) is 36.3 Å². The number of anilines is 1. The molecule has 3 rings (SSSR count). The summed E-state index contributed by atoms with van der Waals surface area (Å²) >= 11 is 6.17. The van der Waals surface area contributed by atoms with Gasteiger partial charge in [-0.15, -0.1) is 0 Å². The highest BCUT2D eigenvalue weighted by molar-refractivity contribution is 6.35. The molecule has 4 nitrogen and oxygen atoms in total. The first-order valence-electron chi connectivity index (χ1n) is 7.72. The van der Waals surface area contributed by atoms with Gasteiger partial charge >= 0.3 is 5.97 Å². The van der Waals surface area contributed by atoms with Crippen LogP contribution in [0.15, 0.2) is 24.3 Å². The van der Waals surface area contributed by atoms with Crippen LogP contribution in [0, 0.1) is 0 Å². The Morgan fingerprint density at radius 2 is 2.12 bits per heavy atom. The molecule has 0 bridgehead atoms. The summed E-state index contributed by atoms with van der Waals surface area (Å²) in [5.41, 5.74) is 0.851. The Morgan fingerprint density at radius 3 is 2.88 bits per heavy atom. The smallest absolute Gasteiger partial charge is 0.341 e. The number of alkyl halides is 2. The molecule has 0 radical (unpaired) electrons. The molecule has 1 saturated heterocycles. The van der Waals surface area contributed by atoms with Gasteiger partial charge in [-0.3, -0.25) is 0 Å². The number of halogens is 3. The van der Waals surface area contributed by atoms with Crippen LogP contribution in [0.2, 0.25) is 5.02 Å². The molecule has 2 aromatic rings. The van der Waals surface area contributed by atoms with E-state index >= 15 is 0 Å². The van der Waals surface area contributed by atoms with Crippen molar-refractivity contribution in [2.75, 3.05) is 25.1 Å². The van der Waals surface area contributed by atoms with E-state index in [0.29, 0.717) is 34.7 Å². The minimum atomic E-state index is -2.68. The molecule has 1 aliphatic rings. The summed E-state index contributed by atoms with van der Waals surface area (Å²) in [6.45, 7) is 0.550. The average Bonchev–Trinajstić information content (AvgIpc) is 2.74. The number of esters is 1. The van der Waals surface area contributed by atoms with Gasteiger partial charge in [-0.1, -0.05) is 17.7 Å². The quantitative estimate of drug-likeness (QED) is 0.754. The van der Waals surface area contributed by atoms with E-state index in [1.807, 2.05) is 0 Å². The lowest BCUT2D eigenvalue weighted by atomic mass is 10.1. The van der Waals surface area contributed by atoms with Gasteiger partial charge in [0.05, 0.1) is 12.6 Å². The van der Waals surface area contributed by atoms with Crippen molar-refractivity contribution in [3.8, 4) is 0 Å². The second kappa shape index (κ2) is 6.51. The third kappa shape index (κ3) is 3.29. The fourth-order valence-corrected chi connectivity index (χ4v) is 3.15. The predicted molar refractivity (Wildman–Crippen MR) is 89.1 cm³/mol. The Labute approximate surface area is 143 Å². The Hall–Kier alpha value is -1.95. The molecular weight excluding hydrogens is 338 g/mol. The zero-order valence-corrected chi connectivity index (χ0v) is 13.9. The third-order valence-corrected chi connectivity index (χ3v) is 4.54. The molecule has 24 heavy (non-hydrogen) atoms. The van der Waals surface area contributed by atoms with Crippen LogP contribution in [0.4, 0.5) is 14.6 Å². The van der Waals surface area contributed by atoms with E-state index in [0.717, 1.165) is 0 Å². The van der Waals surface area contributed by atoms with Gasteiger partial charge in [0.15, 0.2) is 0 Å². The number of nitrogens with zero attached hydrogens (tertiary/aromatic N) is 2. The van der Waals surface area contributed by atoms with Crippen molar-refractivity contribution >= 4 is 34.3 Å². The van der Waals surface area contributed by atoms with Crippen molar-refractivity contribution in [2.24, 2.45) is 0 Å². The number of ether oxygens (including phenoxy) is 1. The average molecular weight is 355 g/mol. The minimum Gasteiger partial charge on any atom is -0.465 e. The van der Waals surface area contributed by atoms with E-state index in [1.165, 1.54) is 7.11 Å². The van der Waals surface area contributed by atoms with Gasteiger partial charge in [-0.2, -0.15) is 0 Å². The number of hydrogen-bond donors (Lipinski definition) is 0. The van der Waals surface area contributed by atoms with Crippen LogP contribution >= 0.6 is 11.6 Å². The van der Waals surface area contributed by atoms with Crippen LogP contribution in [0.5, 0.6) is 0 Å². The standard InChI is InChI=1S/C17H17ClF2N2O2/c1-24-16(23)12-10-11-13(18)4-2-5-14(11)21-15(12)22-8-3-6-17(19,20)7-9-22/h2,4-5,10H,3,6-9H2,1H3. The summed E-state index contributed by atoms with van der Waals surface area (Å²) in [6.07, 6.45) is -0.0811. The molecule has 1 fully saturated rings. The van der Waals surface area contributed by atoms with Crippen LogP contribution in [0.1, 0.15) is 29.6 Å². The molecular formula is C17H17ClF2N2O2. The van der Waals surface area contributed by atoms with Gasteiger partial charge in [0.25, 0.3) is 0 Å². The van der Waals surface area contributed by atoms with Gasteiger partial charge in [0.1, 0.15) is 11.4 Å². The van der Waals surface area contributed by atoms with E-state index in [1.54, 1.807) is 29.2 Å². The van der Waals surface area contributed by atoms with Crippen LogP contribution < -0.4 is 4.90 Å². The molecule has 0 amide bonds. The molecule has 128 valence electrons. The number of rotatable bonds is 2. The molecule has 0 N–H and O–H groups in total. The fourth-order valence-electron chi connectivity index (χ4n) is 2.93. The largest absolute Gasteiger partial charge is 0.465 e. The first-order valence-corrected chi connectivity index (χ1v) is 8.09. The van der Waals surface area contributed by atoms with Crippen LogP contribution in [-0.2, 0) is 4.74 Å². The van der Waals surface area contributed by atoms with Crippen molar-refractivity contribution in [3.63, 3.8) is 0 Å². The van der Waals surface area contributed by atoms with Crippen LogP contribution in [-0.4, -0.2) is 37.1 Å². The number of hydrogen-bond acceptors (Lipinski definition) is 4. The van der Waals surface area contributed by atoms with E-state index in [2.05, 4.69) is 4.98 Å². The van der Waals surface area contributed by atoms with Crippen molar-refractivity contribution in [1.82, 2.24) is 4.98 Å². The van der Waals surface area contributed by atoms with Crippen molar-refractivity contribution < 1.29 is 18.3 Å². The Morgan fingerprint density at radius 1 is 1.33 bits per heavy atom. The second-order valence-electron chi connectivity index (χ2n) is 5.85. The maximum atomic E-state index is 13.6. The molecule has 1 aromatic heterocycles. The van der Waals surface area contributed by atoms with Crippen LogP contribution in [0.25, 0.3) is 10.9 Å². The van der Waals surface area contributed by atoms with Crippen molar-refractivity contribution in [2.45, 2.75) is 25.2 Å². The first-order chi connectivity index (χ1) is 11.4. The highest BCUT2D eigenvalue weighted by atomic mass is 35.5. The highest BCUT2D eigenvalue weighted by Crippen LogP contribution is 2.33. The fraction of sp³-hybridized carbons (Fsp3) is 0.412. The second-order valence-corrected chi connectivity index (χ2v) is 6.26. The number of methoxy groups -OCH3 is 1. The predicted octanol–water partition coefficient (Wildman–Crippen LogP) is 4.30. The summed E-state index contributed by atoms with van der Waals surface area (Å²) in [5, 5.41) is 1.10. The lowest BCUT2D eigenvalue weighted by molar-refractivity contribution is -0.0102. The van der Waals surface area contributed by atoms with Crippen molar-refractivity contribution in [1.29, 1.82) is 0 Å². The zero-order chi connectivity index (χ0) is 17.3. The first kappa shape index (κ1) is 16.9. The summed E-state index contributed by atoms with van der Waals surface area (Å²) in [6, 6.07) is 6.86. The monoisotopic (exact) mass is 354 g/mol. The lowest BCUT2D eigenvalue weighted by Gasteiger charge is -2.24. The Balaban J connectivity index is 2.09. The number of pyridine rings is 1. The SMILES string of the molecule is COC(=O)c1cc2c(Cl)cccc2nc1N1CCCC(F)(F)CC1. The molecule has 2 heterocycles. The number of benzene rings is 1. The Bertz CT molecular complexity index is 783. The molecule has 0 atom stereocenters. The molecule has 0 spiro atoms. The molecule has 1 aliphatic heterocycles. The summed E-state index contributed by atoms with van der Waals surface area (Å²) in [4.78, 5) is 18.4. The summed E-state index contributed by atoms with van der Waals surface area (Å²) in [7, 11) is 1.28. The highest BCUT2D eigenvalue weighted by Gasteiger charge is 2.33. The van der Waals surface area contributed by atoms with E-state index in [9.17, 15) is 13.6 Å². The normalized spacial score (nSPS) is 17.6. The van der Waals surface area contributed by atoms with E-state index < -0.39 is 11.9 Å². The number of aromatic nitrogens is 1. The maximum absolute atomic E-state index is 13.6. The number of carbonyl (C=O) groups excluding carboxylic acids is 1. The van der Waals surface area contributed by atoms with Gasteiger partial charge in [0.2, 0.25) is 5.92 Å². The van der Waals surface area contributed by atoms with E-state index in [4.69, 9.17) is 16.3 Å². The molecule has 0 aliphatic carbocycles. The Kier molecular flexibility index (Phi) is 4.58. The summed E-state index contributed by atoms with van der Waals surface area (Å²) < 4.78 is 32.1.